The zero-order valence-corrected chi connectivity index (χ0v) is 10.8. The third-order valence-electron chi connectivity index (χ3n) is 3.39. The average molecular weight is 269 g/mol. The summed E-state index contributed by atoms with van der Waals surface area (Å²) in [5.41, 5.74) is 1.08. The van der Waals surface area contributed by atoms with Crippen molar-refractivity contribution in [1.82, 2.24) is 10.6 Å². The van der Waals surface area contributed by atoms with Crippen molar-refractivity contribution >= 4 is 18.3 Å². The summed E-state index contributed by atoms with van der Waals surface area (Å²) < 4.78 is 5.54. The molecule has 98 valence electrons. The zero-order valence-electron chi connectivity index (χ0n) is 10.0. The fraction of sp³-hybridized carbons (Fsp3) is 0.462. The van der Waals surface area contributed by atoms with Gasteiger partial charge in [0.15, 0.2) is 0 Å². The van der Waals surface area contributed by atoms with E-state index < -0.39 is 0 Å². The van der Waals surface area contributed by atoms with E-state index in [1.807, 2.05) is 24.3 Å². The Morgan fingerprint density at radius 2 is 2.22 bits per heavy atom. The van der Waals surface area contributed by atoms with E-state index in [9.17, 15) is 4.79 Å². The molecule has 18 heavy (non-hydrogen) atoms. The molecule has 2 heterocycles. The van der Waals surface area contributed by atoms with Crippen LogP contribution in [0.3, 0.4) is 0 Å². The predicted octanol–water partition coefficient (Wildman–Crippen LogP) is 1.41. The van der Waals surface area contributed by atoms with Crippen molar-refractivity contribution in [2.24, 2.45) is 0 Å². The van der Waals surface area contributed by atoms with E-state index in [1.54, 1.807) is 0 Å². The number of hydrogen-bond donors (Lipinski definition) is 2. The first-order valence-corrected chi connectivity index (χ1v) is 6.10. The number of amides is 1. The van der Waals surface area contributed by atoms with Crippen LogP contribution in [0.4, 0.5) is 0 Å². The van der Waals surface area contributed by atoms with Crippen molar-refractivity contribution in [2.75, 3.05) is 13.2 Å². The Morgan fingerprint density at radius 3 is 3.00 bits per heavy atom. The van der Waals surface area contributed by atoms with Crippen LogP contribution in [0.2, 0.25) is 0 Å². The van der Waals surface area contributed by atoms with Crippen LogP contribution in [0.1, 0.15) is 24.4 Å². The molecule has 0 aliphatic carbocycles. The Bertz CT molecular complexity index is 433. The number of nitrogens with one attached hydrogen (secondary N) is 2. The lowest BCUT2D eigenvalue weighted by Crippen LogP contribution is -2.42. The molecule has 2 unspecified atom stereocenters. The first-order valence-electron chi connectivity index (χ1n) is 6.10. The number of benzene rings is 1. The van der Waals surface area contributed by atoms with Gasteiger partial charge in [-0.2, -0.15) is 0 Å². The molecule has 0 spiro atoms. The van der Waals surface area contributed by atoms with Gasteiger partial charge in [0.2, 0.25) is 5.91 Å². The van der Waals surface area contributed by atoms with Crippen molar-refractivity contribution in [2.45, 2.75) is 24.9 Å². The maximum absolute atomic E-state index is 12.0. The summed E-state index contributed by atoms with van der Waals surface area (Å²) in [6.45, 7) is 1.48. The van der Waals surface area contributed by atoms with Crippen molar-refractivity contribution in [3.63, 3.8) is 0 Å². The minimum absolute atomic E-state index is 0. The Kier molecular flexibility index (Phi) is 4.09. The van der Waals surface area contributed by atoms with Gasteiger partial charge in [-0.1, -0.05) is 18.2 Å². The maximum Gasteiger partial charge on any atom is 0.237 e. The monoisotopic (exact) mass is 268 g/mol. The quantitative estimate of drug-likeness (QED) is 0.853. The van der Waals surface area contributed by atoms with Crippen molar-refractivity contribution in [3.05, 3.63) is 29.8 Å². The Balaban J connectivity index is 0.00000120. The van der Waals surface area contributed by atoms with Crippen LogP contribution in [0.15, 0.2) is 24.3 Å². The van der Waals surface area contributed by atoms with Crippen LogP contribution in [0, 0.1) is 0 Å². The van der Waals surface area contributed by atoms with Crippen LogP contribution < -0.4 is 15.4 Å². The van der Waals surface area contributed by atoms with Gasteiger partial charge in [0, 0.05) is 5.56 Å². The molecule has 4 nitrogen and oxygen atoms in total. The molecule has 1 amide bonds. The molecule has 3 rings (SSSR count). The zero-order chi connectivity index (χ0) is 11.7. The number of para-hydroxylation sites is 1. The number of fused-ring (bicyclic) bond motifs is 1. The van der Waals surface area contributed by atoms with E-state index in [0.29, 0.717) is 6.61 Å². The Labute approximate surface area is 113 Å². The molecule has 2 aliphatic rings. The van der Waals surface area contributed by atoms with E-state index in [2.05, 4.69) is 10.6 Å². The van der Waals surface area contributed by atoms with E-state index in [0.717, 1.165) is 30.7 Å². The Morgan fingerprint density at radius 1 is 1.39 bits per heavy atom. The fourth-order valence-corrected chi connectivity index (χ4v) is 2.46. The van der Waals surface area contributed by atoms with Gasteiger partial charge in [-0.15, -0.1) is 12.4 Å². The smallest absolute Gasteiger partial charge is 0.237 e. The molecule has 5 heteroatoms. The molecule has 1 aromatic rings. The minimum atomic E-state index is -0.0252. The van der Waals surface area contributed by atoms with Crippen molar-refractivity contribution in [3.8, 4) is 5.75 Å². The predicted molar refractivity (Wildman–Crippen MR) is 71.1 cm³/mol. The summed E-state index contributed by atoms with van der Waals surface area (Å²) in [4.78, 5) is 12.0. The second-order valence-electron chi connectivity index (χ2n) is 4.56. The molecule has 0 radical (unpaired) electrons. The molecule has 0 saturated carbocycles. The number of hydrogen-bond acceptors (Lipinski definition) is 3. The van der Waals surface area contributed by atoms with Crippen LogP contribution in [-0.2, 0) is 4.79 Å². The molecule has 1 fully saturated rings. The van der Waals surface area contributed by atoms with E-state index in [1.165, 1.54) is 0 Å². The molecule has 2 N–H and O–H groups in total. The fourth-order valence-electron chi connectivity index (χ4n) is 2.46. The van der Waals surface area contributed by atoms with Crippen molar-refractivity contribution in [1.29, 1.82) is 0 Å². The molecule has 2 atom stereocenters. The SMILES string of the molecule is Cl.O=C(NC1COc2ccccc21)C1CCCN1. The summed E-state index contributed by atoms with van der Waals surface area (Å²) in [5, 5.41) is 6.25. The van der Waals surface area contributed by atoms with Gasteiger partial charge >= 0.3 is 0 Å². The van der Waals surface area contributed by atoms with Crippen LogP contribution in [-0.4, -0.2) is 25.1 Å². The number of carbonyl (C=O) groups is 1. The first-order chi connectivity index (χ1) is 8.34. The lowest BCUT2D eigenvalue weighted by molar-refractivity contribution is -0.123. The van der Waals surface area contributed by atoms with Gasteiger partial charge in [0.25, 0.3) is 0 Å². The molecule has 2 aliphatic heterocycles. The third kappa shape index (κ3) is 2.44. The molecular weight excluding hydrogens is 252 g/mol. The first kappa shape index (κ1) is 13.2. The topological polar surface area (TPSA) is 50.4 Å². The number of rotatable bonds is 2. The van der Waals surface area contributed by atoms with Crippen LogP contribution in [0.25, 0.3) is 0 Å². The highest BCUT2D eigenvalue weighted by molar-refractivity contribution is 5.85. The summed E-state index contributed by atoms with van der Waals surface area (Å²) in [6, 6.07) is 7.84. The van der Waals surface area contributed by atoms with E-state index in [-0.39, 0.29) is 30.4 Å². The molecular formula is C13H17ClN2O2. The molecule has 0 bridgehead atoms. The van der Waals surface area contributed by atoms with Gasteiger partial charge in [0.1, 0.15) is 12.4 Å². The highest BCUT2D eigenvalue weighted by Gasteiger charge is 2.29. The minimum Gasteiger partial charge on any atom is -0.491 e. The second kappa shape index (κ2) is 5.59. The second-order valence-corrected chi connectivity index (χ2v) is 4.56. The standard InChI is InChI=1S/C13H16N2O2.ClH/c16-13(10-5-3-7-14-10)15-11-8-17-12-6-2-1-4-9(11)12;/h1-2,4,6,10-11,14H,3,5,7-8H2,(H,15,16);1H. The number of carbonyl (C=O) groups excluding carboxylic acids is 1. The van der Waals surface area contributed by atoms with E-state index >= 15 is 0 Å². The van der Waals surface area contributed by atoms with Gasteiger partial charge in [0.05, 0.1) is 12.1 Å². The summed E-state index contributed by atoms with van der Waals surface area (Å²) in [6.07, 6.45) is 2.01. The largest absolute Gasteiger partial charge is 0.491 e. The highest BCUT2D eigenvalue weighted by Crippen LogP contribution is 2.31. The third-order valence-corrected chi connectivity index (χ3v) is 3.39. The number of halogens is 1. The van der Waals surface area contributed by atoms with Crippen LogP contribution >= 0.6 is 12.4 Å². The summed E-state index contributed by atoms with van der Waals surface area (Å²) >= 11 is 0. The van der Waals surface area contributed by atoms with E-state index in [4.69, 9.17) is 4.74 Å². The summed E-state index contributed by atoms with van der Waals surface area (Å²) in [5.74, 6) is 0.977. The maximum atomic E-state index is 12.0. The van der Waals surface area contributed by atoms with Gasteiger partial charge in [-0.05, 0) is 25.5 Å². The highest BCUT2D eigenvalue weighted by atomic mass is 35.5. The van der Waals surface area contributed by atoms with Crippen molar-refractivity contribution < 1.29 is 9.53 Å². The summed E-state index contributed by atoms with van der Waals surface area (Å²) in [7, 11) is 0. The average Bonchev–Trinajstić information content (AvgIpc) is 2.98. The Hall–Kier alpha value is -1.26. The van der Waals surface area contributed by atoms with Gasteiger partial charge in [-0.3, -0.25) is 4.79 Å². The molecule has 1 aromatic carbocycles. The molecule has 1 saturated heterocycles. The number of ether oxygens (including phenoxy) is 1. The molecule has 0 aromatic heterocycles. The van der Waals surface area contributed by atoms with Gasteiger partial charge in [-0.25, -0.2) is 0 Å². The lowest BCUT2D eigenvalue weighted by atomic mass is 10.1. The van der Waals surface area contributed by atoms with Crippen LogP contribution in [0.5, 0.6) is 5.75 Å². The van der Waals surface area contributed by atoms with Gasteiger partial charge < -0.3 is 15.4 Å². The normalized spacial score (nSPS) is 24.9. The lowest BCUT2D eigenvalue weighted by Gasteiger charge is -2.15.